The molecule has 3 rings (SSSR count). The van der Waals surface area contributed by atoms with Gasteiger partial charge in [0.05, 0.1) is 21.1 Å². The Balaban J connectivity index is 1.78. The van der Waals surface area contributed by atoms with Crippen molar-refractivity contribution in [2.45, 2.75) is 6.18 Å². The lowest BCUT2D eigenvalue weighted by Crippen LogP contribution is -2.49. The molecule has 1 saturated heterocycles. The molecule has 0 atom stereocenters. The quantitative estimate of drug-likeness (QED) is 0.318. The summed E-state index contributed by atoms with van der Waals surface area (Å²) in [4.78, 5) is 26.4. The maximum absolute atomic E-state index is 12.9. The Kier molecular flexibility index (Phi) is 6.22. The van der Waals surface area contributed by atoms with Crippen LogP contribution in [0.5, 0.6) is 0 Å². The summed E-state index contributed by atoms with van der Waals surface area (Å²) in [5.74, 6) is -0.255. The monoisotopic (exact) mass is 539 g/mol. The van der Waals surface area contributed by atoms with Gasteiger partial charge in [-0.25, -0.2) is 0 Å². The highest BCUT2D eigenvalue weighted by molar-refractivity contribution is 14.1. The van der Waals surface area contributed by atoms with Crippen LogP contribution in [-0.4, -0.2) is 41.9 Å². The first-order valence-corrected chi connectivity index (χ1v) is 9.88. The highest BCUT2D eigenvalue weighted by atomic mass is 127. The Bertz CT molecular complexity index is 963. The number of alkyl halides is 3. The standard InChI is InChI=1S/C18H14ClF3IN3O3/c19-14-3-2-12(23)10-13(14)17(27)25-7-5-24(6-8-25)15-4-1-11(18(20,21)22)9-16(15)26(28)29/h1-4,9-10H,5-8H2. The molecule has 1 fully saturated rings. The fraction of sp³-hybridized carbons (Fsp3) is 0.278. The Morgan fingerprint density at radius 2 is 1.76 bits per heavy atom. The highest BCUT2D eigenvalue weighted by Crippen LogP contribution is 2.37. The molecule has 154 valence electrons. The first-order chi connectivity index (χ1) is 13.6. The Labute approximate surface area is 182 Å². The first kappa shape index (κ1) is 21.6. The number of anilines is 1. The largest absolute Gasteiger partial charge is 0.416 e. The predicted molar refractivity (Wildman–Crippen MR) is 110 cm³/mol. The van der Waals surface area contributed by atoms with Gasteiger partial charge in [-0.2, -0.15) is 13.2 Å². The van der Waals surface area contributed by atoms with Gasteiger partial charge in [0.15, 0.2) is 0 Å². The van der Waals surface area contributed by atoms with Crippen molar-refractivity contribution in [3.05, 3.63) is 66.2 Å². The molecule has 0 radical (unpaired) electrons. The number of rotatable bonds is 3. The molecule has 1 aliphatic heterocycles. The molecule has 6 nitrogen and oxygen atoms in total. The maximum atomic E-state index is 12.9. The lowest BCUT2D eigenvalue weighted by atomic mass is 10.1. The van der Waals surface area contributed by atoms with Crippen molar-refractivity contribution < 1.29 is 22.9 Å². The lowest BCUT2D eigenvalue weighted by molar-refractivity contribution is -0.384. The zero-order valence-electron chi connectivity index (χ0n) is 14.7. The van der Waals surface area contributed by atoms with Crippen molar-refractivity contribution in [3.63, 3.8) is 0 Å². The van der Waals surface area contributed by atoms with Crippen LogP contribution in [-0.2, 0) is 6.18 Å². The molecule has 0 aliphatic carbocycles. The van der Waals surface area contributed by atoms with Gasteiger partial charge in [0.1, 0.15) is 5.69 Å². The molecule has 0 spiro atoms. The summed E-state index contributed by atoms with van der Waals surface area (Å²) >= 11 is 8.19. The van der Waals surface area contributed by atoms with Crippen LogP contribution in [0.4, 0.5) is 24.5 Å². The molecular formula is C18H14ClF3IN3O3. The van der Waals surface area contributed by atoms with Crippen molar-refractivity contribution >= 4 is 51.5 Å². The van der Waals surface area contributed by atoms with E-state index in [1.54, 1.807) is 28.0 Å². The topological polar surface area (TPSA) is 66.7 Å². The van der Waals surface area contributed by atoms with Gasteiger partial charge in [-0.1, -0.05) is 11.6 Å². The van der Waals surface area contributed by atoms with E-state index in [0.29, 0.717) is 16.7 Å². The number of nitro groups is 1. The predicted octanol–water partition coefficient (Wildman–Crippen LogP) is 4.83. The number of benzene rings is 2. The number of hydrogen-bond donors (Lipinski definition) is 0. The normalized spacial score (nSPS) is 14.8. The number of hydrogen-bond acceptors (Lipinski definition) is 4. The first-order valence-electron chi connectivity index (χ1n) is 8.43. The third kappa shape index (κ3) is 4.74. The van der Waals surface area contributed by atoms with E-state index in [1.165, 1.54) is 0 Å². The third-order valence-electron chi connectivity index (χ3n) is 4.57. The second-order valence-electron chi connectivity index (χ2n) is 6.36. The number of piperazine rings is 1. The number of halogens is 5. The van der Waals surface area contributed by atoms with Crippen LogP contribution in [0.15, 0.2) is 36.4 Å². The Morgan fingerprint density at radius 3 is 2.34 bits per heavy atom. The van der Waals surface area contributed by atoms with Crippen LogP contribution in [0.3, 0.4) is 0 Å². The fourth-order valence-electron chi connectivity index (χ4n) is 3.10. The highest BCUT2D eigenvalue weighted by Gasteiger charge is 2.34. The van der Waals surface area contributed by atoms with Crippen LogP contribution in [0.25, 0.3) is 0 Å². The molecular weight excluding hydrogens is 526 g/mol. The second kappa shape index (κ2) is 8.34. The summed E-state index contributed by atoms with van der Waals surface area (Å²) in [7, 11) is 0. The van der Waals surface area contributed by atoms with E-state index < -0.39 is 22.4 Å². The molecule has 1 heterocycles. The zero-order chi connectivity index (χ0) is 21.3. The molecule has 11 heteroatoms. The van der Waals surface area contributed by atoms with Crippen LogP contribution in [0.2, 0.25) is 5.02 Å². The SMILES string of the molecule is O=C(c1cc(I)ccc1Cl)N1CCN(c2ccc(C(F)(F)F)cc2[N+](=O)[O-])CC1. The number of carbonyl (C=O) groups is 1. The zero-order valence-corrected chi connectivity index (χ0v) is 17.7. The lowest BCUT2D eigenvalue weighted by Gasteiger charge is -2.36. The molecule has 0 bridgehead atoms. The number of nitro benzene ring substituents is 1. The molecule has 29 heavy (non-hydrogen) atoms. The minimum Gasteiger partial charge on any atom is -0.362 e. The van der Waals surface area contributed by atoms with E-state index in [4.69, 9.17) is 11.6 Å². The molecule has 0 unspecified atom stereocenters. The van der Waals surface area contributed by atoms with E-state index in [9.17, 15) is 28.1 Å². The van der Waals surface area contributed by atoms with Gasteiger partial charge in [-0.3, -0.25) is 14.9 Å². The summed E-state index contributed by atoms with van der Waals surface area (Å²) < 4.78 is 39.5. The van der Waals surface area contributed by atoms with Gasteiger partial charge in [0.25, 0.3) is 11.6 Å². The number of nitrogens with zero attached hydrogens (tertiary/aromatic N) is 3. The van der Waals surface area contributed by atoms with E-state index >= 15 is 0 Å². The van der Waals surface area contributed by atoms with Gasteiger partial charge in [-0.15, -0.1) is 0 Å². The summed E-state index contributed by atoms with van der Waals surface area (Å²) in [6, 6.07) is 7.57. The van der Waals surface area contributed by atoms with Crippen molar-refractivity contribution in [2.24, 2.45) is 0 Å². The Morgan fingerprint density at radius 1 is 1.10 bits per heavy atom. The molecule has 2 aromatic carbocycles. The van der Waals surface area contributed by atoms with Crippen molar-refractivity contribution in [1.29, 1.82) is 0 Å². The summed E-state index contributed by atoms with van der Waals surface area (Å²) in [5.41, 5.74) is -1.22. The molecule has 0 N–H and O–H groups in total. The van der Waals surface area contributed by atoms with Gasteiger partial charge >= 0.3 is 6.18 Å². The van der Waals surface area contributed by atoms with Crippen LogP contribution in [0, 0.1) is 13.7 Å². The fourth-order valence-corrected chi connectivity index (χ4v) is 3.79. The van der Waals surface area contributed by atoms with Gasteiger partial charge in [0, 0.05) is 35.8 Å². The summed E-state index contributed by atoms with van der Waals surface area (Å²) in [6.07, 6.45) is -4.67. The van der Waals surface area contributed by atoms with Crippen LogP contribution < -0.4 is 4.90 Å². The van der Waals surface area contributed by atoms with Gasteiger partial charge in [0.2, 0.25) is 0 Å². The van der Waals surface area contributed by atoms with E-state index in [-0.39, 0.29) is 37.8 Å². The average molecular weight is 540 g/mol. The van der Waals surface area contributed by atoms with Crippen molar-refractivity contribution in [3.8, 4) is 0 Å². The molecule has 1 amide bonds. The molecule has 2 aromatic rings. The Hall–Kier alpha value is -2.08. The van der Waals surface area contributed by atoms with Crippen molar-refractivity contribution in [2.75, 3.05) is 31.1 Å². The van der Waals surface area contributed by atoms with Crippen LogP contribution in [0.1, 0.15) is 15.9 Å². The molecule has 1 aliphatic rings. The number of amides is 1. The van der Waals surface area contributed by atoms with E-state index in [2.05, 4.69) is 22.6 Å². The summed E-state index contributed by atoms with van der Waals surface area (Å²) in [5, 5.41) is 11.6. The van der Waals surface area contributed by atoms with E-state index in [0.717, 1.165) is 15.7 Å². The second-order valence-corrected chi connectivity index (χ2v) is 8.01. The minimum absolute atomic E-state index is 0.0994. The number of carbonyl (C=O) groups excluding carboxylic acids is 1. The van der Waals surface area contributed by atoms with Crippen molar-refractivity contribution in [1.82, 2.24) is 4.90 Å². The van der Waals surface area contributed by atoms with E-state index in [1.807, 2.05) is 0 Å². The summed E-state index contributed by atoms with van der Waals surface area (Å²) in [6.45, 7) is 1.02. The molecule has 0 saturated carbocycles. The third-order valence-corrected chi connectivity index (χ3v) is 5.57. The maximum Gasteiger partial charge on any atom is 0.416 e. The van der Waals surface area contributed by atoms with Gasteiger partial charge < -0.3 is 9.80 Å². The molecule has 0 aromatic heterocycles. The minimum atomic E-state index is -4.67. The van der Waals surface area contributed by atoms with Crippen LogP contribution >= 0.6 is 34.2 Å². The average Bonchev–Trinajstić information content (AvgIpc) is 2.68. The van der Waals surface area contributed by atoms with Gasteiger partial charge in [-0.05, 0) is 52.9 Å². The smallest absolute Gasteiger partial charge is 0.362 e.